The first-order chi connectivity index (χ1) is 9.74. The number of benzene rings is 1. The van der Waals surface area contributed by atoms with E-state index < -0.39 is 0 Å². The number of nitrogens with two attached hydrogens (primary N) is 1. The first-order valence-electron chi connectivity index (χ1n) is 6.85. The van der Waals surface area contributed by atoms with Crippen LogP contribution in [0.4, 0.5) is 0 Å². The van der Waals surface area contributed by atoms with Gasteiger partial charge in [0.1, 0.15) is 5.65 Å². The number of aromatic nitrogens is 3. The van der Waals surface area contributed by atoms with Crippen molar-refractivity contribution in [2.45, 2.75) is 19.9 Å². The van der Waals surface area contributed by atoms with Crippen molar-refractivity contribution in [3.63, 3.8) is 0 Å². The molecule has 0 radical (unpaired) electrons. The van der Waals surface area contributed by atoms with Crippen molar-refractivity contribution < 1.29 is 0 Å². The molecule has 0 bridgehead atoms. The van der Waals surface area contributed by atoms with Crippen LogP contribution in [-0.4, -0.2) is 14.5 Å². The molecule has 2 N–H and O–H groups in total. The highest BCUT2D eigenvalue weighted by Crippen LogP contribution is 2.25. The molecule has 2 aromatic heterocycles. The molecule has 0 spiro atoms. The Balaban J connectivity index is 2.30. The van der Waals surface area contributed by atoms with Crippen LogP contribution in [0.15, 0.2) is 36.5 Å². The summed E-state index contributed by atoms with van der Waals surface area (Å²) in [5, 5.41) is 1.11. The molecule has 0 saturated heterocycles. The van der Waals surface area contributed by atoms with Crippen LogP contribution in [0.2, 0.25) is 0 Å². The van der Waals surface area contributed by atoms with Crippen molar-refractivity contribution in [3.05, 3.63) is 47.8 Å². The van der Waals surface area contributed by atoms with Crippen LogP contribution in [0.3, 0.4) is 0 Å². The second kappa shape index (κ2) is 5.06. The van der Waals surface area contributed by atoms with Crippen LogP contribution in [-0.2, 0) is 20.0 Å². The minimum Gasteiger partial charge on any atom is -0.335 e. The van der Waals surface area contributed by atoms with Gasteiger partial charge in [0, 0.05) is 30.7 Å². The first kappa shape index (κ1) is 12.8. The molecule has 3 aromatic rings. The number of fused-ring (bicyclic) bond motifs is 1. The molecule has 0 unspecified atom stereocenters. The van der Waals surface area contributed by atoms with Gasteiger partial charge in [0.15, 0.2) is 5.82 Å². The SMILES string of the molecule is CCc1nc(-c2ccccc2)nc2c1c(CN)cn2C. The van der Waals surface area contributed by atoms with Crippen LogP contribution >= 0.6 is 0 Å². The molecule has 0 aliphatic heterocycles. The summed E-state index contributed by atoms with van der Waals surface area (Å²) in [5.74, 6) is 0.778. The minimum atomic E-state index is 0.512. The molecule has 0 aliphatic carbocycles. The fraction of sp³-hybridized carbons (Fsp3) is 0.250. The lowest BCUT2D eigenvalue weighted by atomic mass is 10.1. The standard InChI is InChI=1S/C16H18N4/c1-3-13-14-12(9-17)10-20(2)16(14)19-15(18-13)11-7-5-4-6-8-11/h4-8,10H,3,9,17H2,1-2H3. The smallest absolute Gasteiger partial charge is 0.161 e. The van der Waals surface area contributed by atoms with E-state index in [0.717, 1.165) is 40.1 Å². The average molecular weight is 266 g/mol. The molecule has 2 heterocycles. The normalized spacial score (nSPS) is 11.2. The zero-order chi connectivity index (χ0) is 14.1. The summed E-state index contributed by atoms with van der Waals surface area (Å²) in [5.41, 5.74) is 10.0. The Morgan fingerprint density at radius 2 is 1.90 bits per heavy atom. The monoisotopic (exact) mass is 266 g/mol. The lowest BCUT2D eigenvalue weighted by Crippen LogP contribution is -2.00. The van der Waals surface area contributed by atoms with E-state index >= 15 is 0 Å². The van der Waals surface area contributed by atoms with Crippen molar-refractivity contribution in [1.82, 2.24) is 14.5 Å². The van der Waals surface area contributed by atoms with Crippen molar-refractivity contribution >= 4 is 11.0 Å². The fourth-order valence-electron chi connectivity index (χ4n) is 2.56. The highest BCUT2D eigenvalue weighted by atomic mass is 15.0. The number of rotatable bonds is 3. The lowest BCUT2D eigenvalue weighted by Gasteiger charge is -2.06. The molecule has 20 heavy (non-hydrogen) atoms. The van der Waals surface area contributed by atoms with Crippen molar-refractivity contribution in [2.24, 2.45) is 12.8 Å². The van der Waals surface area contributed by atoms with Crippen molar-refractivity contribution in [2.75, 3.05) is 0 Å². The third-order valence-corrected chi connectivity index (χ3v) is 3.56. The zero-order valence-electron chi connectivity index (χ0n) is 11.8. The Morgan fingerprint density at radius 1 is 1.15 bits per heavy atom. The molecule has 102 valence electrons. The molecule has 4 nitrogen and oxygen atoms in total. The van der Waals surface area contributed by atoms with E-state index in [9.17, 15) is 0 Å². The molecular formula is C16H18N4. The lowest BCUT2D eigenvalue weighted by molar-refractivity contribution is 0.928. The van der Waals surface area contributed by atoms with E-state index in [-0.39, 0.29) is 0 Å². The van der Waals surface area contributed by atoms with Gasteiger partial charge in [-0.2, -0.15) is 0 Å². The average Bonchev–Trinajstić information content (AvgIpc) is 2.84. The summed E-state index contributed by atoms with van der Waals surface area (Å²) < 4.78 is 2.03. The molecular weight excluding hydrogens is 248 g/mol. The van der Waals surface area contributed by atoms with E-state index in [2.05, 4.69) is 6.92 Å². The highest BCUT2D eigenvalue weighted by molar-refractivity contribution is 5.84. The van der Waals surface area contributed by atoms with Gasteiger partial charge in [-0.25, -0.2) is 9.97 Å². The van der Waals surface area contributed by atoms with Crippen molar-refractivity contribution in [1.29, 1.82) is 0 Å². The molecule has 0 fully saturated rings. The van der Waals surface area contributed by atoms with E-state index in [4.69, 9.17) is 15.7 Å². The predicted octanol–water partition coefficient (Wildman–Crippen LogP) is 2.66. The van der Waals surface area contributed by atoms with Gasteiger partial charge < -0.3 is 10.3 Å². The Kier molecular flexibility index (Phi) is 3.24. The van der Waals surface area contributed by atoms with E-state index in [0.29, 0.717) is 6.54 Å². The summed E-state index contributed by atoms with van der Waals surface area (Å²) in [6.07, 6.45) is 2.92. The maximum Gasteiger partial charge on any atom is 0.161 e. The Bertz CT molecular complexity index is 744. The van der Waals surface area contributed by atoms with Crippen LogP contribution in [0.1, 0.15) is 18.2 Å². The van der Waals surface area contributed by atoms with Gasteiger partial charge >= 0.3 is 0 Å². The number of hydrogen-bond donors (Lipinski definition) is 1. The highest BCUT2D eigenvalue weighted by Gasteiger charge is 2.14. The van der Waals surface area contributed by atoms with E-state index in [1.807, 2.05) is 48.1 Å². The zero-order valence-corrected chi connectivity index (χ0v) is 11.8. The van der Waals surface area contributed by atoms with Crippen molar-refractivity contribution in [3.8, 4) is 11.4 Å². The van der Waals surface area contributed by atoms with Crippen LogP contribution in [0, 0.1) is 0 Å². The molecule has 0 amide bonds. The molecule has 4 heteroatoms. The quantitative estimate of drug-likeness (QED) is 0.793. The Morgan fingerprint density at radius 3 is 2.55 bits per heavy atom. The molecule has 0 aliphatic rings. The molecule has 0 saturated carbocycles. The van der Waals surface area contributed by atoms with E-state index in [1.165, 1.54) is 0 Å². The summed E-state index contributed by atoms with van der Waals surface area (Å²) >= 11 is 0. The second-order valence-electron chi connectivity index (χ2n) is 4.88. The fourth-order valence-corrected chi connectivity index (χ4v) is 2.56. The third-order valence-electron chi connectivity index (χ3n) is 3.56. The van der Waals surface area contributed by atoms with Crippen LogP contribution in [0.5, 0.6) is 0 Å². The minimum absolute atomic E-state index is 0.512. The summed E-state index contributed by atoms with van der Waals surface area (Å²) in [4.78, 5) is 9.45. The van der Waals surface area contributed by atoms with Crippen LogP contribution in [0.25, 0.3) is 22.4 Å². The number of hydrogen-bond acceptors (Lipinski definition) is 3. The predicted molar refractivity (Wildman–Crippen MR) is 81.2 cm³/mol. The maximum atomic E-state index is 5.83. The molecule has 1 aromatic carbocycles. The Labute approximate surface area is 118 Å². The molecule has 0 atom stereocenters. The number of aryl methyl sites for hydroxylation is 2. The summed E-state index contributed by atoms with van der Waals surface area (Å²) in [6.45, 7) is 2.63. The van der Waals surface area contributed by atoms with Gasteiger partial charge in [-0.3, -0.25) is 0 Å². The topological polar surface area (TPSA) is 56.7 Å². The molecule has 3 rings (SSSR count). The van der Waals surface area contributed by atoms with Gasteiger partial charge in [0.2, 0.25) is 0 Å². The first-order valence-corrected chi connectivity index (χ1v) is 6.85. The third kappa shape index (κ3) is 1.98. The summed E-state index contributed by atoms with van der Waals surface area (Å²) in [6, 6.07) is 10.1. The van der Waals surface area contributed by atoms with Gasteiger partial charge in [-0.1, -0.05) is 37.3 Å². The van der Waals surface area contributed by atoms with Gasteiger partial charge in [0.05, 0.1) is 5.69 Å². The van der Waals surface area contributed by atoms with Gasteiger partial charge in [0.25, 0.3) is 0 Å². The second-order valence-corrected chi connectivity index (χ2v) is 4.88. The van der Waals surface area contributed by atoms with Crippen LogP contribution < -0.4 is 5.73 Å². The summed E-state index contributed by atoms with van der Waals surface area (Å²) in [7, 11) is 2.00. The Hall–Kier alpha value is -2.20. The van der Waals surface area contributed by atoms with Gasteiger partial charge in [-0.15, -0.1) is 0 Å². The van der Waals surface area contributed by atoms with E-state index in [1.54, 1.807) is 0 Å². The number of nitrogens with zero attached hydrogens (tertiary/aromatic N) is 3. The largest absolute Gasteiger partial charge is 0.335 e. The van der Waals surface area contributed by atoms with Gasteiger partial charge in [-0.05, 0) is 12.0 Å². The maximum absolute atomic E-state index is 5.83.